The number of aromatic carboxylic acids is 1. The highest BCUT2D eigenvalue weighted by Crippen LogP contribution is 2.42. The molecule has 2 aromatic rings. The molecule has 156 valence electrons. The molecule has 7 heteroatoms. The Morgan fingerprint density at radius 3 is 2.66 bits per heavy atom. The van der Waals surface area contributed by atoms with Gasteiger partial charge in [0.1, 0.15) is 11.3 Å². The summed E-state index contributed by atoms with van der Waals surface area (Å²) in [5.74, 6) is -0.488. The number of fused-ring (bicyclic) bond motifs is 3. The molecule has 1 aliphatic heterocycles. The maximum Gasteiger partial charge on any atom is 0.341 e. The SMILES string of the molecule is COCCCOc1cc2c(nc1C)-c1cc(=O)c(C(=O)O)cn1[C@H](C(C)(C)C)C2. The van der Waals surface area contributed by atoms with Crippen molar-refractivity contribution in [1.82, 2.24) is 9.55 Å². The minimum atomic E-state index is -1.22. The predicted octanol–water partition coefficient (Wildman–Crippen LogP) is 3.48. The third kappa shape index (κ3) is 4.19. The van der Waals surface area contributed by atoms with Crippen molar-refractivity contribution in [2.24, 2.45) is 5.41 Å². The molecule has 2 aromatic heterocycles. The normalized spacial score (nSPS) is 15.6. The average Bonchev–Trinajstić information content (AvgIpc) is 2.63. The number of carbonyl (C=O) groups is 1. The Labute approximate surface area is 170 Å². The van der Waals surface area contributed by atoms with Crippen LogP contribution in [0.5, 0.6) is 5.75 Å². The van der Waals surface area contributed by atoms with Crippen LogP contribution in [0.4, 0.5) is 0 Å². The zero-order chi connectivity index (χ0) is 21.3. The summed E-state index contributed by atoms with van der Waals surface area (Å²) in [6, 6.07) is 3.38. The van der Waals surface area contributed by atoms with Gasteiger partial charge in [0.2, 0.25) is 0 Å². The van der Waals surface area contributed by atoms with Gasteiger partial charge in [-0.3, -0.25) is 4.79 Å². The Bertz CT molecular complexity index is 988. The van der Waals surface area contributed by atoms with Crippen LogP contribution < -0.4 is 10.2 Å². The lowest BCUT2D eigenvalue weighted by Gasteiger charge is -2.38. The summed E-state index contributed by atoms with van der Waals surface area (Å²) in [6.45, 7) is 9.36. The van der Waals surface area contributed by atoms with Gasteiger partial charge in [0.05, 0.1) is 23.7 Å². The number of hydrogen-bond acceptors (Lipinski definition) is 5. The van der Waals surface area contributed by atoms with Crippen molar-refractivity contribution >= 4 is 5.97 Å². The molecule has 0 spiro atoms. The first kappa shape index (κ1) is 21.0. The smallest absolute Gasteiger partial charge is 0.341 e. The Morgan fingerprint density at radius 2 is 2.03 bits per heavy atom. The van der Waals surface area contributed by atoms with Crippen molar-refractivity contribution < 1.29 is 19.4 Å². The van der Waals surface area contributed by atoms with Gasteiger partial charge in [0.25, 0.3) is 0 Å². The lowest BCUT2D eigenvalue weighted by Crippen LogP contribution is -2.33. The van der Waals surface area contributed by atoms with E-state index in [2.05, 4.69) is 20.8 Å². The highest BCUT2D eigenvalue weighted by atomic mass is 16.5. The molecule has 1 aliphatic rings. The van der Waals surface area contributed by atoms with E-state index in [1.54, 1.807) is 7.11 Å². The highest BCUT2D eigenvalue weighted by Gasteiger charge is 2.34. The Balaban J connectivity index is 2.11. The minimum Gasteiger partial charge on any atom is -0.492 e. The summed E-state index contributed by atoms with van der Waals surface area (Å²) in [6.07, 6.45) is 2.92. The second-order valence-corrected chi connectivity index (χ2v) is 8.51. The average molecular weight is 400 g/mol. The van der Waals surface area contributed by atoms with E-state index in [4.69, 9.17) is 14.5 Å². The van der Waals surface area contributed by atoms with E-state index >= 15 is 0 Å². The van der Waals surface area contributed by atoms with Crippen molar-refractivity contribution in [2.45, 2.75) is 46.6 Å². The lowest BCUT2D eigenvalue weighted by atomic mass is 9.79. The van der Waals surface area contributed by atoms with Crippen LogP contribution in [-0.4, -0.2) is 41.0 Å². The van der Waals surface area contributed by atoms with Crippen LogP contribution in [0.15, 0.2) is 23.1 Å². The summed E-state index contributed by atoms with van der Waals surface area (Å²) in [5.41, 5.74) is 2.21. The summed E-state index contributed by atoms with van der Waals surface area (Å²) < 4.78 is 12.9. The van der Waals surface area contributed by atoms with Gasteiger partial charge in [-0.25, -0.2) is 9.78 Å². The fourth-order valence-corrected chi connectivity index (χ4v) is 3.72. The van der Waals surface area contributed by atoms with Gasteiger partial charge in [-0.1, -0.05) is 20.8 Å². The standard InChI is InChI=1S/C22H28N2O5/c1-13-18(29-8-6-7-28-5)9-14-10-19(22(2,3)4)24-12-15(21(26)27)17(25)11-16(24)20(14)23-13/h9,11-12,19H,6-8,10H2,1-5H3,(H,26,27)/t19-/m0/s1. The molecule has 0 saturated carbocycles. The van der Waals surface area contributed by atoms with Gasteiger partial charge < -0.3 is 19.1 Å². The molecule has 0 amide bonds. The van der Waals surface area contributed by atoms with Crippen molar-refractivity contribution in [3.8, 4) is 17.1 Å². The molecule has 3 heterocycles. The van der Waals surface area contributed by atoms with Crippen LogP contribution >= 0.6 is 0 Å². The number of ether oxygens (including phenoxy) is 2. The van der Waals surface area contributed by atoms with Crippen LogP contribution in [0.2, 0.25) is 0 Å². The van der Waals surface area contributed by atoms with Crippen LogP contribution in [-0.2, 0) is 11.2 Å². The molecule has 0 saturated heterocycles. The Morgan fingerprint density at radius 1 is 1.31 bits per heavy atom. The molecular formula is C22H28N2O5. The van der Waals surface area contributed by atoms with Crippen LogP contribution in [0, 0.1) is 12.3 Å². The van der Waals surface area contributed by atoms with E-state index in [0.717, 1.165) is 23.4 Å². The highest BCUT2D eigenvalue weighted by molar-refractivity contribution is 5.87. The topological polar surface area (TPSA) is 90.7 Å². The van der Waals surface area contributed by atoms with E-state index in [1.165, 1.54) is 12.3 Å². The van der Waals surface area contributed by atoms with Crippen molar-refractivity contribution in [2.75, 3.05) is 20.3 Å². The number of carboxylic acids is 1. The van der Waals surface area contributed by atoms with Crippen LogP contribution in [0.1, 0.15) is 54.8 Å². The van der Waals surface area contributed by atoms with Crippen molar-refractivity contribution in [1.29, 1.82) is 0 Å². The molecule has 0 aromatic carbocycles. The molecule has 0 fully saturated rings. The maximum absolute atomic E-state index is 12.4. The van der Waals surface area contributed by atoms with Gasteiger partial charge >= 0.3 is 5.97 Å². The van der Waals surface area contributed by atoms with E-state index in [0.29, 0.717) is 31.0 Å². The Hall–Kier alpha value is -2.67. The van der Waals surface area contributed by atoms with Gasteiger partial charge in [0.15, 0.2) is 5.43 Å². The second kappa shape index (κ2) is 7.99. The third-order valence-electron chi connectivity index (χ3n) is 5.30. The monoisotopic (exact) mass is 400 g/mol. The molecule has 0 bridgehead atoms. The summed E-state index contributed by atoms with van der Waals surface area (Å²) in [4.78, 5) is 28.6. The van der Waals surface area contributed by atoms with Gasteiger partial charge in [-0.2, -0.15) is 0 Å². The molecule has 7 nitrogen and oxygen atoms in total. The summed E-state index contributed by atoms with van der Waals surface area (Å²) in [5, 5.41) is 9.40. The number of rotatable bonds is 6. The predicted molar refractivity (Wildman–Crippen MR) is 110 cm³/mol. The maximum atomic E-state index is 12.4. The van der Waals surface area contributed by atoms with E-state index in [9.17, 15) is 14.7 Å². The molecule has 3 rings (SSSR count). The lowest BCUT2D eigenvalue weighted by molar-refractivity contribution is 0.0693. The van der Waals surface area contributed by atoms with Gasteiger partial charge in [-0.05, 0) is 30.4 Å². The van der Waals surface area contributed by atoms with E-state index < -0.39 is 11.4 Å². The fraction of sp³-hybridized carbons (Fsp3) is 0.500. The van der Waals surface area contributed by atoms with E-state index in [-0.39, 0.29) is 17.0 Å². The summed E-state index contributed by atoms with van der Waals surface area (Å²) in [7, 11) is 1.66. The fourth-order valence-electron chi connectivity index (χ4n) is 3.72. The Kier molecular flexibility index (Phi) is 5.80. The number of carboxylic acid groups (broad SMARTS) is 1. The van der Waals surface area contributed by atoms with E-state index in [1.807, 2.05) is 17.6 Å². The third-order valence-corrected chi connectivity index (χ3v) is 5.30. The summed E-state index contributed by atoms with van der Waals surface area (Å²) >= 11 is 0. The van der Waals surface area contributed by atoms with Gasteiger partial charge in [-0.15, -0.1) is 0 Å². The number of hydrogen-bond donors (Lipinski definition) is 1. The van der Waals surface area contributed by atoms with Crippen molar-refractivity contribution in [3.63, 3.8) is 0 Å². The first-order valence-electron chi connectivity index (χ1n) is 9.75. The molecule has 1 atom stereocenters. The number of pyridine rings is 2. The molecule has 0 unspecified atom stereocenters. The largest absolute Gasteiger partial charge is 0.492 e. The van der Waals surface area contributed by atoms with Crippen molar-refractivity contribution in [3.05, 3.63) is 45.4 Å². The number of nitrogens with zero attached hydrogens (tertiary/aromatic N) is 2. The molecule has 1 N–H and O–H groups in total. The van der Waals surface area contributed by atoms with Crippen LogP contribution in [0.3, 0.4) is 0 Å². The first-order valence-corrected chi connectivity index (χ1v) is 9.75. The zero-order valence-corrected chi connectivity index (χ0v) is 17.6. The molecular weight excluding hydrogens is 372 g/mol. The van der Waals surface area contributed by atoms with Gasteiger partial charge in [0, 0.05) is 38.4 Å². The number of methoxy groups -OCH3 is 1. The number of aromatic nitrogens is 2. The number of aryl methyl sites for hydroxylation is 1. The van der Waals surface area contributed by atoms with Crippen LogP contribution in [0.25, 0.3) is 11.4 Å². The zero-order valence-electron chi connectivity index (χ0n) is 17.6. The second-order valence-electron chi connectivity index (χ2n) is 8.51. The molecule has 29 heavy (non-hydrogen) atoms. The molecule has 0 aliphatic carbocycles. The molecule has 0 radical (unpaired) electrons. The first-order chi connectivity index (χ1) is 13.6. The minimum absolute atomic E-state index is 0.0189. The quantitative estimate of drug-likeness (QED) is 0.747.